The maximum atomic E-state index is 3.50. The Morgan fingerprint density at radius 2 is 1.95 bits per heavy atom. The molecular formula is C18H22N2. The van der Waals surface area contributed by atoms with E-state index in [1.165, 1.54) is 27.9 Å². The number of aryl methyl sites for hydroxylation is 2. The number of anilines is 1. The van der Waals surface area contributed by atoms with Gasteiger partial charge >= 0.3 is 0 Å². The first kappa shape index (κ1) is 13.2. The summed E-state index contributed by atoms with van der Waals surface area (Å²) in [6, 6.07) is 15.5. The Hall–Kier alpha value is -1.80. The molecule has 0 aromatic heterocycles. The molecule has 3 rings (SSSR count). The van der Waals surface area contributed by atoms with Gasteiger partial charge in [0.1, 0.15) is 0 Å². The quantitative estimate of drug-likeness (QED) is 0.896. The molecule has 0 saturated carbocycles. The fraction of sp³-hybridized carbons (Fsp3) is 0.333. The minimum Gasteiger partial charge on any atom is -0.366 e. The Bertz CT molecular complexity index is 604. The normalized spacial score (nSPS) is 14.8. The van der Waals surface area contributed by atoms with E-state index < -0.39 is 0 Å². The van der Waals surface area contributed by atoms with Gasteiger partial charge < -0.3 is 10.2 Å². The van der Waals surface area contributed by atoms with Crippen LogP contribution in [-0.2, 0) is 13.1 Å². The second-order valence-electron chi connectivity index (χ2n) is 5.66. The zero-order valence-corrected chi connectivity index (χ0v) is 12.3. The predicted octanol–water partition coefficient (Wildman–Crippen LogP) is 3.41. The lowest BCUT2D eigenvalue weighted by Gasteiger charge is -2.25. The molecule has 1 aliphatic rings. The highest BCUT2D eigenvalue weighted by Gasteiger charge is 2.15. The number of fused-ring (bicyclic) bond motifs is 1. The minimum atomic E-state index is 0.972. The number of hydrogen-bond donors (Lipinski definition) is 1. The van der Waals surface area contributed by atoms with E-state index in [-0.39, 0.29) is 0 Å². The summed E-state index contributed by atoms with van der Waals surface area (Å²) in [4.78, 5) is 2.50. The summed E-state index contributed by atoms with van der Waals surface area (Å²) in [6.45, 7) is 8.44. The molecule has 1 aliphatic heterocycles. The van der Waals surface area contributed by atoms with Crippen LogP contribution < -0.4 is 10.2 Å². The van der Waals surface area contributed by atoms with Crippen LogP contribution in [0.4, 0.5) is 5.69 Å². The summed E-state index contributed by atoms with van der Waals surface area (Å²) in [5, 5.41) is 3.50. The summed E-state index contributed by atoms with van der Waals surface area (Å²) < 4.78 is 0. The Morgan fingerprint density at radius 1 is 1.10 bits per heavy atom. The van der Waals surface area contributed by atoms with Crippen molar-refractivity contribution in [2.75, 3.05) is 18.0 Å². The molecule has 104 valence electrons. The first-order valence-corrected chi connectivity index (χ1v) is 7.34. The van der Waals surface area contributed by atoms with Gasteiger partial charge in [-0.2, -0.15) is 0 Å². The van der Waals surface area contributed by atoms with E-state index in [9.17, 15) is 0 Å². The average molecular weight is 266 g/mol. The molecule has 0 unspecified atom stereocenters. The van der Waals surface area contributed by atoms with E-state index in [4.69, 9.17) is 0 Å². The summed E-state index contributed by atoms with van der Waals surface area (Å²) in [5.41, 5.74) is 6.92. The van der Waals surface area contributed by atoms with E-state index in [1.807, 2.05) is 0 Å². The number of nitrogens with zero attached hydrogens (tertiary/aromatic N) is 1. The third kappa shape index (κ3) is 2.70. The van der Waals surface area contributed by atoms with Crippen LogP contribution in [0.2, 0.25) is 0 Å². The maximum absolute atomic E-state index is 3.50. The molecule has 1 heterocycles. The number of hydrogen-bond acceptors (Lipinski definition) is 2. The minimum absolute atomic E-state index is 0.972. The van der Waals surface area contributed by atoms with Crippen LogP contribution >= 0.6 is 0 Å². The molecule has 0 amide bonds. The molecule has 0 bridgehead atoms. The van der Waals surface area contributed by atoms with Gasteiger partial charge in [0.25, 0.3) is 0 Å². The van der Waals surface area contributed by atoms with Crippen molar-refractivity contribution in [1.82, 2.24) is 5.32 Å². The van der Waals surface area contributed by atoms with Gasteiger partial charge in [-0.1, -0.05) is 42.0 Å². The van der Waals surface area contributed by atoms with Crippen molar-refractivity contribution in [3.8, 4) is 0 Å². The smallest absolute Gasteiger partial charge is 0.0432 e. The molecular weight excluding hydrogens is 244 g/mol. The van der Waals surface area contributed by atoms with Crippen LogP contribution in [0.25, 0.3) is 0 Å². The highest BCUT2D eigenvalue weighted by atomic mass is 15.2. The van der Waals surface area contributed by atoms with Gasteiger partial charge in [0, 0.05) is 31.9 Å². The maximum Gasteiger partial charge on any atom is 0.0432 e. The first-order chi connectivity index (χ1) is 9.74. The summed E-state index contributed by atoms with van der Waals surface area (Å²) in [7, 11) is 0. The Labute approximate surface area is 121 Å². The highest BCUT2D eigenvalue weighted by Crippen LogP contribution is 2.25. The van der Waals surface area contributed by atoms with Crippen molar-refractivity contribution in [3.63, 3.8) is 0 Å². The van der Waals surface area contributed by atoms with E-state index in [0.29, 0.717) is 0 Å². The molecule has 0 aliphatic carbocycles. The van der Waals surface area contributed by atoms with Gasteiger partial charge in [-0.05, 0) is 36.6 Å². The first-order valence-electron chi connectivity index (χ1n) is 7.34. The Kier molecular flexibility index (Phi) is 3.75. The lowest BCUT2D eigenvalue weighted by Crippen LogP contribution is -2.28. The van der Waals surface area contributed by atoms with Crippen molar-refractivity contribution < 1.29 is 0 Å². The molecule has 0 atom stereocenters. The fourth-order valence-corrected chi connectivity index (χ4v) is 2.87. The summed E-state index contributed by atoms with van der Waals surface area (Å²) >= 11 is 0. The monoisotopic (exact) mass is 266 g/mol. The topological polar surface area (TPSA) is 15.3 Å². The van der Waals surface area contributed by atoms with Crippen molar-refractivity contribution in [3.05, 3.63) is 64.7 Å². The van der Waals surface area contributed by atoms with Crippen LogP contribution in [0.3, 0.4) is 0 Å². The van der Waals surface area contributed by atoms with Gasteiger partial charge in [0.2, 0.25) is 0 Å². The molecule has 2 nitrogen and oxygen atoms in total. The third-order valence-electron chi connectivity index (χ3n) is 4.07. The summed E-state index contributed by atoms with van der Waals surface area (Å²) in [6.07, 6.45) is 0. The molecule has 1 N–H and O–H groups in total. The van der Waals surface area contributed by atoms with E-state index in [1.54, 1.807) is 0 Å². The molecule has 2 aromatic rings. The highest BCUT2D eigenvalue weighted by molar-refractivity contribution is 5.55. The third-order valence-corrected chi connectivity index (χ3v) is 4.07. The van der Waals surface area contributed by atoms with Crippen LogP contribution in [0.1, 0.15) is 22.3 Å². The lowest BCUT2D eigenvalue weighted by molar-refractivity contribution is 0.687. The second-order valence-corrected chi connectivity index (χ2v) is 5.66. The molecule has 2 heteroatoms. The number of para-hydroxylation sites is 1. The Morgan fingerprint density at radius 3 is 2.85 bits per heavy atom. The number of nitrogens with one attached hydrogen (secondary N) is 1. The molecule has 0 saturated heterocycles. The van der Waals surface area contributed by atoms with Crippen LogP contribution in [0.15, 0.2) is 42.5 Å². The van der Waals surface area contributed by atoms with Gasteiger partial charge in [0.15, 0.2) is 0 Å². The number of benzene rings is 2. The van der Waals surface area contributed by atoms with Crippen molar-refractivity contribution >= 4 is 5.69 Å². The van der Waals surface area contributed by atoms with Crippen molar-refractivity contribution in [2.45, 2.75) is 26.9 Å². The second kappa shape index (κ2) is 5.68. The van der Waals surface area contributed by atoms with Crippen LogP contribution in [0, 0.1) is 13.8 Å². The van der Waals surface area contributed by atoms with E-state index >= 15 is 0 Å². The van der Waals surface area contributed by atoms with Gasteiger partial charge in [-0.25, -0.2) is 0 Å². The fourth-order valence-electron chi connectivity index (χ4n) is 2.87. The standard InChI is InChI=1S/C18H22N2/c1-14-7-8-15(2)17(11-14)13-20-10-9-19-12-16-5-3-4-6-18(16)20/h3-8,11,19H,9-10,12-13H2,1-2H3. The van der Waals surface area contributed by atoms with Crippen molar-refractivity contribution in [2.24, 2.45) is 0 Å². The van der Waals surface area contributed by atoms with E-state index in [2.05, 4.69) is 66.5 Å². The zero-order valence-electron chi connectivity index (χ0n) is 12.3. The van der Waals surface area contributed by atoms with Crippen LogP contribution in [-0.4, -0.2) is 13.1 Å². The molecule has 20 heavy (non-hydrogen) atoms. The predicted molar refractivity (Wildman–Crippen MR) is 85.1 cm³/mol. The van der Waals surface area contributed by atoms with Gasteiger partial charge in [-0.15, -0.1) is 0 Å². The van der Waals surface area contributed by atoms with Gasteiger partial charge in [-0.3, -0.25) is 0 Å². The lowest BCUT2D eigenvalue weighted by atomic mass is 10.0. The Balaban J connectivity index is 1.92. The molecule has 2 aromatic carbocycles. The largest absolute Gasteiger partial charge is 0.366 e. The SMILES string of the molecule is Cc1ccc(C)c(CN2CCNCc3ccccc32)c1. The molecule has 0 spiro atoms. The summed E-state index contributed by atoms with van der Waals surface area (Å²) in [5.74, 6) is 0. The van der Waals surface area contributed by atoms with Crippen LogP contribution in [0.5, 0.6) is 0 Å². The van der Waals surface area contributed by atoms with Gasteiger partial charge in [0.05, 0.1) is 0 Å². The zero-order chi connectivity index (χ0) is 13.9. The number of rotatable bonds is 2. The molecule has 0 fully saturated rings. The van der Waals surface area contributed by atoms with E-state index in [0.717, 1.165) is 26.2 Å². The average Bonchev–Trinajstić information content (AvgIpc) is 2.66. The molecule has 0 radical (unpaired) electrons. The van der Waals surface area contributed by atoms with Crippen molar-refractivity contribution in [1.29, 1.82) is 0 Å².